The summed E-state index contributed by atoms with van der Waals surface area (Å²) in [6.07, 6.45) is 0.900. The molecular weight excluding hydrogens is 409 g/mol. The van der Waals surface area contributed by atoms with Crippen molar-refractivity contribution >= 4 is 29.9 Å². The first-order chi connectivity index (χ1) is 10.4. The second-order valence-corrected chi connectivity index (χ2v) is 5.57. The normalized spacial score (nSPS) is 14.1. The molecule has 1 atom stereocenters. The van der Waals surface area contributed by atoms with E-state index < -0.39 is 5.60 Å². The van der Waals surface area contributed by atoms with Crippen molar-refractivity contribution in [3.05, 3.63) is 23.2 Å². The van der Waals surface area contributed by atoms with E-state index in [9.17, 15) is 5.11 Å². The van der Waals surface area contributed by atoms with Crippen LogP contribution in [0.2, 0.25) is 0 Å². The highest BCUT2D eigenvalue weighted by atomic mass is 127. The molecule has 0 aromatic carbocycles. The molecule has 7 heteroatoms. The molecule has 0 radical (unpaired) electrons. The molecule has 0 aliphatic heterocycles. The molecule has 0 saturated carbocycles. The molecule has 0 fully saturated rings. The van der Waals surface area contributed by atoms with E-state index in [2.05, 4.69) is 15.6 Å². The molecule has 6 nitrogen and oxygen atoms in total. The Balaban J connectivity index is 0.00000484. The molecular formula is C16H30IN3O3. The monoisotopic (exact) mass is 439 g/mol. The second-order valence-electron chi connectivity index (χ2n) is 5.57. The van der Waals surface area contributed by atoms with Crippen LogP contribution < -0.4 is 10.6 Å². The van der Waals surface area contributed by atoms with Gasteiger partial charge < -0.3 is 24.9 Å². The van der Waals surface area contributed by atoms with Gasteiger partial charge in [-0.25, -0.2) is 4.99 Å². The summed E-state index contributed by atoms with van der Waals surface area (Å²) >= 11 is 0. The third-order valence-electron chi connectivity index (χ3n) is 3.33. The Labute approximate surface area is 156 Å². The van der Waals surface area contributed by atoms with Crippen LogP contribution in [0.1, 0.15) is 37.4 Å². The highest BCUT2D eigenvalue weighted by molar-refractivity contribution is 14.0. The van der Waals surface area contributed by atoms with E-state index in [1.165, 1.54) is 0 Å². The van der Waals surface area contributed by atoms with E-state index in [1.807, 2.05) is 26.8 Å². The first-order valence-electron chi connectivity index (χ1n) is 7.71. The second kappa shape index (κ2) is 10.9. The Morgan fingerprint density at radius 2 is 2.09 bits per heavy atom. The third kappa shape index (κ3) is 7.54. The quantitative estimate of drug-likeness (QED) is 0.251. The summed E-state index contributed by atoms with van der Waals surface area (Å²) < 4.78 is 10.5. The summed E-state index contributed by atoms with van der Waals surface area (Å²) in [6, 6.07) is 1.86. The fraction of sp³-hybridized carbons (Fsp3) is 0.688. The molecule has 0 saturated heterocycles. The van der Waals surface area contributed by atoms with E-state index in [0.717, 1.165) is 36.6 Å². The molecule has 1 rings (SSSR count). The standard InChI is InChI=1S/C16H29N3O3.HI/c1-6-17-15(18-8-7-9-21-5)19-11-16(4,20)14-10-12(2)22-13(14)3;/h10,20H,6-9,11H2,1-5H3,(H2,17,18,19);1H. The Morgan fingerprint density at radius 3 is 2.61 bits per heavy atom. The van der Waals surface area contributed by atoms with Crippen molar-refractivity contribution in [3.63, 3.8) is 0 Å². The maximum Gasteiger partial charge on any atom is 0.191 e. The molecule has 0 aliphatic rings. The Kier molecular flexibility index (Phi) is 10.5. The number of guanidine groups is 1. The smallest absolute Gasteiger partial charge is 0.191 e. The summed E-state index contributed by atoms with van der Waals surface area (Å²) in [5.41, 5.74) is -0.277. The molecule has 0 aliphatic carbocycles. The number of hydrogen-bond donors (Lipinski definition) is 3. The molecule has 23 heavy (non-hydrogen) atoms. The predicted octanol–water partition coefficient (Wildman–Crippen LogP) is 2.31. The third-order valence-corrected chi connectivity index (χ3v) is 3.33. The van der Waals surface area contributed by atoms with Gasteiger partial charge in [0.2, 0.25) is 0 Å². The van der Waals surface area contributed by atoms with Crippen LogP contribution in [0.3, 0.4) is 0 Å². The number of rotatable bonds is 8. The van der Waals surface area contributed by atoms with Crippen LogP contribution in [0.4, 0.5) is 0 Å². The molecule has 1 aromatic heterocycles. The van der Waals surface area contributed by atoms with Crippen LogP contribution in [0.25, 0.3) is 0 Å². The Hall–Kier alpha value is -0.800. The van der Waals surface area contributed by atoms with Crippen molar-refractivity contribution in [2.24, 2.45) is 4.99 Å². The van der Waals surface area contributed by atoms with Gasteiger partial charge in [0, 0.05) is 32.4 Å². The Morgan fingerprint density at radius 1 is 1.39 bits per heavy atom. The van der Waals surface area contributed by atoms with E-state index in [0.29, 0.717) is 12.6 Å². The maximum absolute atomic E-state index is 10.7. The number of aliphatic hydroxyl groups is 1. The van der Waals surface area contributed by atoms with E-state index >= 15 is 0 Å². The average Bonchev–Trinajstić information content (AvgIpc) is 2.80. The minimum atomic E-state index is -1.06. The average molecular weight is 439 g/mol. The van der Waals surface area contributed by atoms with E-state index in [1.54, 1.807) is 14.0 Å². The summed E-state index contributed by atoms with van der Waals surface area (Å²) in [4.78, 5) is 4.47. The van der Waals surface area contributed by atoms with Gasteiger partial charge in [0.1, 0.15) is 17.1 Å². The largest absolute Gasteiger partial charge is 0.466 e. The lowest BCUT2D eigenvalue weighted by atomic mass is 9.96. The zero-order chi connectivity index (χ0) is 16.6. The van der Waals surface area contributed by atoms with Crippen LogP contribution in [0.5, 0.6) is 0 Å². The molecule has 134 valence electrons. The molecule has 0 amide bonds. The van der Waals surface area contributed by atoms with E-state index in [4.69, 9.17) is 9.15 Å². The van der Waals surface area contributed by atoms with Crippen molar-refractivity contribution in [2.45, 2.75) is 39.7 Å². The number of halogens is 1. The fourth-order valence-electron chi connectivity index (χ4n) is 2.25. The zero-order valence-electron chi connectivity index (χ0n) is 14.7. The molecule has 0 spiro atoms. The lowest BCUT2D eigenvalue weighted by Gasteiger charge is -2.21. The Bertz CT molecular complexity index is 487. The van der Waals surface area contributed by atoms with E-state index in [-0.39, 0.29) is 30.5 Å². The number of aryl methyl sites for hydroxylation is 2. The number of aliphatic imine (C=N–C) groups is 1. The van der Waals surface area contributed by atoms with Gasteiger partial charge in [-0.1, -0.05) is 0 Å². The van der Waals surface area contributed by atoms with Crippen LogP contribution in [-0.4, -0.2) is 44.4 Å². The maximum atomic E-state index is 10.7. The van der Waals surface area contributed by atoms with Crippen LogP contribution in [-0.2, 0) is 10.3 Å². The first kappa shape index (κ1) is 22.2. The minimum absolute atomic E-state index is 0. The van der Waals surface area contributed by atoms with Gasteiger partial charge in [0.25, 0.3) is 0 Å². The van der Waals surface area contributed by atoms with Gasteiger partial charge >= 0.3 is 0 Å². The van der Waals surface area contributed by atoms with Crippen LogP contribution >= 0.6 is 24.0 Å². The number of nitrogens with one attached hydrogen (secondary N) is 2. The van der Waals surface area contributed by atoms with Crippen LogP contribution in [0.15, 0.2) is 15.5 Å². The van der Waals surface area contributed by atoms with Gasteiger partial charge in [0.05, 0.1) is 6.54 Å². The number of methoxy groups -OCH3 is 1. The highest BCUT2D eigenvalue weighted by Gasteiger charge is 2.27. The molecule has 3 N–H and O–H groups in total. The van der Waals surface area contributed by atoms with Crippen molar-refractivity contribution in [1.29, 1.82) is 0 Å². The number of nitrogens with zero attached hydrogens (tertiary/aromatic N) is 1. The van der Waals surface area contributed by atoms with Gasteiger partial charge in [-0.3, -0.25) is 0 Å². The van der Waals surface area contributed by atoms with Gasteiger partial charge in [-0.05, 0) is 40.2 Å². The van der Waals surface area contributed by atoms with Gasteiger partial charge in [-0.15, -0.1) is 24.0 Å². The van der Waals surface area contributed by atoms with Crippen molar-refractivity contribution in [2.75, 3.05) is 33.4 Å². The summed E-state index contributed by atoms with van der Waals surface area (Å²) in [5.74, 6) is 2.22. The topological polar surface area (TPSA) is 79.0 Å². The summed E-state index contributed by atoms with van der Waals surface area (Å²) in [6.45, 7) is 9.99. The molecule has 1 unspecified atom stereocenters. The number of hydrogen-bond acceptors (Lipinski definition) is 4. The highest BCUT2D eigenvalue weighted by Crippen LogP contribution is 2.27. The zero-order valence-corrected chi connectivity index (χ0v) is 17.1. The van der Waals surface area contributed by atoms with Crippen LogP contribution in [0, 0.1) is 13.8 Å². The van der Waals surface area contributed by atoms with Gasteiger partial charge in [0.15, 0.2) is 5.96 Å². The minimum Gasteiger partial charge on any atom is -0.466 e. The summed E-state index contributed by atoms with van der Waals surface area (Å²) in [7, 11) is 1.69. The number of ether oxygens (including phenoxy) is 1. The van der Waals surface area contributed by atoms with Crippen molar-refractivity contribution < 1.29 is 14.3 Å². The van der Waals surface area contributed by atoms with Gasteiger partial charge in [-0.2, -0.15) is 0 Å². The SMILES string of the molecule is CCNC(=NCC(C)(O)c1cc(C)oc1C)NCCCOC.I. The fourth-order valence-corrected chi connectivity index (χ4v) is 2.25. The lowest BCUT2D eigenvalue weighted by Crippen LogP contribution is -2.39. The van der Waals surface area contributed by atoms with Crippen molar-refractivity contribution in [1.82, 2.24) is 10.6 Å². The predicted molar refractivity (Wildman–Crippen MR) is 104 cm³/mol. The lowest BCUT2D eigenvalue weighted by molar-refractivity contribution is 0.0657. The number of furan rings is 1. The first-order valence-corrected chi connectivity index (χ1v) is 7.71. The molecule has 0 bridgehead atoms. The van der Waals surface area contributed by atoms with Crippen molar-refractivity contribution in [3.8, 4) is 0 Å². The molecule has 1 heterocycles. The molecule has 1 aromatic rings. The summed E-state index contributed by atoms with van der Waals surface area (Å²) in [5, 5.41) is 17.1.